The molecule has 0 saturated heterocycles. The molecule has 0 fully saturated rings. The van der Waals surface area contributed by atoms with E-state index in [1.807, 2.05) is 0 Å². The predicted molar refractivity (Wildman–Crippen MR) is 110 cm³/mol. The maximum atomic E-state index is 10.9. The summed E-state index contributed by atoms with van der Waals surface area (Å²) in [7, 11) is -4.38. The van der Waals surface area contributed by atoms with Gasteiger partial charge in [0.15, 0.2) is 0 Å². The van der Waals surface area contributed by atoms with E-state index in [-0.39, 0.29) is 34.5 Å². The first-order valence-corrected chi connectivity index (χ1v) is 12.1. The predicted octanol–water partition coefficient (Wildman–Crippen LogP) is 3.45. The summed E-state index contributed by atoms with van der Waals surface area (Å²) >= 11 is 0. The van der Waals surface area contributed by atoms with Crippen molar-refractivity contribution in [3.63, 3.8) is 0 Å². The molecule has 0 amide bonds. The van der Waals surface area contributed by atoms with Crippen molar-refractivity contribution in [1.29, 1.82) is 0 Å². The van der Waals surface area contributed by atoms with Crippen molar-refractivity contribution in [2.24, 2.45) is 0 Å². The summed E-state index contributed by atoms with van der Waals surface area (Å²) in [6.07, 6.45) is 18.5. The zero-order chi connectivity index (χ0) is 19.8. The van der Waals surface area contributed by atoms with Crippen molar-refractivity contribution in [3.8, 4) is 5.75 Å². The summed E-state index contributed by atoms with van der Waals surface area (Å²) in [6, 6.07) is 5.66. The summed E-state index contributed by atoms with van der Waals surface area (Å²) < 4.78 is 38.1. The molecule has 0 spiro atoms. The number of hydrogen-bond acceptors (Lipinski definition) is 4. The molecule has 1 aromatic carbocycles. The Morgan fingerprint density at radius 3 is 1.50 bits per heavy atom. The molecule has 0 radical (unpaired) electrons. The second-order valence-electron chi connectivity index (χ2n) is 7.37. The number of benzene rings is 1. The molecule has 0 bridgehead atoms. The van der Waals surface area contributed by atoms with Crippen molar-refractivity contribution in [3.05, 3.63) is 24.3 Å². The monoisotopic (exact) mass is 420 g/mol. The van der Waals surface area contributed by atoms with Gasteiger partial charge in [-0.2, -0.15) is 0 Å². The topological polar surface area (TPSA) is 66.4 Å². The summed E-state index contributed by atoms with van der Waals surface area (Å²) in [5, 5.41) is 0. The van der Waals surface area contributed by atoms with Gasteiger partial charge in [-0.05, 0) is 30.7 Å². The number of unbranched alkanes of at least 4 members (excludes halogenated alkanes) is 13. The van der Waals surface area contributed by atoms with Gasteiger partial charge in [0.2, 0.25) is 0 Å². The molecule has 0 aliphatic rings. The zero-order valence-corrected chi connectivity index (χ0v) is 20.8. The van der Waals surface area contributed by atoms with Crippen LogP contribution in [0.2, 0.25) is 0 Å². The average molecular weight is 421 g/mol. The summed E-state index contributed by atoms with van der Waals surface area (Å²) in [6.45, 7) is 2.89. The molecular formula is C22H37NaO4S. The first-order valence-electron chi connectivity index (χ1n) is 10.7. The van der Waals surface area contributed by atoms with Gasteiger partial charge in [0.1, 0.15) is 15.9 Å². The Bertz CT molecular complexity index is 573. The fourth-order valence-corrected chi connectivity index (χ4v) is 3.66. The van der Waals surface area contributed by atoms with Crippen LogP contribution >= 0.6 is 0 Å². The molecule has 6 heteroatoms. The number of hydrogen-bond donors (Lipinski definition) is 0. The minimum absolute atomic E-state index is 0. The Balaban J connectivity index is 0.00000729. The van der Waals surface area contributed by atoms with Crippen LogP contribution in [-0.4, -0.2) is 19.6 Å². The maximum Gasteiger partial charge on any atom is 1.00 e. The Hall–Kier alpha value is -0.0700. The molecule has 0 aromatic heterocycles. The molecular weight excluding hydrogens is 383 g/mol. The molecule has 0 N–H and O–H groups in total. The third kappa shape index (κ3) is 14.9. The van der Waals surface area contributed by atoms with Crippen molar-refractivity contribution in [1.82, 2.24) is 0 Å². The molecule has 0 aliphatic heterocycles. The van der Waals surface area contributed by atoms with Crippen molar-refractivity contribution < 1.29 is 47.3 Å². The van der Waals surface area contributed by atoms with Crippen LogP contribution < -0.4 is 34.3 Å². The number of ether oxygens (including phenoxy) is 1. The van der Waals surface area contributed by atoms with Crippen LogP contribution in [-0.2, 0) is 10.1 Å². The Kier molecular flexibility index (Phi) is 17.7. The fraction of sp³-hybridized carbons (Fsp3) is 0.727. The van der Waals surface area contributed by atoms with E-state index in [1.165, 1.54) is 101 Å². The molecule has 28 heavy (non-hydrogen) atoms. The first kappa shape index (κ1) is 27.9. The molecule has 0 saturated carbocycles. The fourth-order valence-electron chi connectivity index (χ4n) is 3.19. The van der Waals surface area contributed by atoms with Crippen LogP contribution in [0, 0.1) is 0 Å². The molecule has 0 unspecified atom stereocenters. The molecule has 156 valence electrons. The summed E-state index contributed by atoms with van der Waals surface area (Å²) in [5.41, 5.74) is 0. The van der Waals surface area contributed by atoms with Gasteiger partial charge in [-0.25, -0.2) is 8.42 Å². The van der Waals surface area contributed by atoms with E-state index in [9.17, 15) is 13.0 Å². The minimum atomic E-state index is -4.38. The molecule has 0 heterocycles. The van der Waals surface area contributed by atoms with E-state index in [4.69, 9.17) is 4.74 Å². The normalized spacial score (nSPS) is 11.2. The SMILES string of the molecule is CCCCCCCCCCCCCCCCOc1ccc(S(=O)(=O)[O-])cc1.[Na+]. The van der Waals surface area contributed by atoms with E-state index in [0.717, 1.165) is 12.8 Å². The van der Waals surface area contributed by atoms with Gasteiger partial charge in [0.25, 0.3) is 0 Å². The van der Waals surface area contributed by atoms with Gasteiger partial charge >= 0.3 is 29.6 Å². The van der Waals surface area contributed by atoms with Crippen LogP contribution in [0.25, 0.3) is 0 Å². The van der Waals surface area contributed by atoms with Gasteiger partial charge in [0.05, 0.1) is 11.5 Å². The van der Waals surface area contributed by atoms with Gasteiger partial charge in [-0.1, -0.05) is 90.4 Å². The van der Waals surface area contributed by atoms with Crippen LogP contribution in [0.4, 0.5) is 0 Å². The van der Waals surface area contributed by atoms with E-state index in [2.05, 4.69) is 6.92 Å². The molecule has 0 aliphatic carbocycles. The third-order valence-corrected chi connectivity index (χ3v) is 5.73. The Morgan fingerprint density at radius 2 is 1.11 bits per heavy atom. The molecule has 0 atom stereocenters. The molecule has 4 nitrogen and oxygen atoms in total. The Labute approximate surface area is 194 Å². The smallest absolute Gasteiger partial charge is 0.744 e. The van der Waals surface area contributed by atoms with Gasteiger partial charge < -0.3 is 9.29 Å². The summed E-state index contributed by atoms with van der Waals surface area (Å²) in [4.78, 5) is -0.216. The minimum Gasteiger partial charge on any atom is -0.744 e. The molecule has 1 rings (SSSR count). The first-order chi connectivity index (χ1) is 13.0. The second-order valence-corrected chi connectivity index (χ2v) is 8.75. The summed E-state index contributed by atoms with van der Waals surface area (Å²) in [5.74, 6) is 0.608. The van der Waals surface area contributed by atoms with E-state index in [1.54, 1.807) is 0 Å². The van der Waals surface area contributed by atoms with E-state index in [0.29, 0.717) is 12.4 Å². The maximum absolute atomic E-state index is 10.9. The van der Waals surface area contributed by atoms with Crippen molar-refractivity contribution in [2.75, 3.05) is 6.61 Å². The van der Waals surface area contributed by atoms with Crippen molar-refractivity contribution in [2.45, 2.75) is 102 Å². The van der Waals surface area contributed by atoms with Crippen LogP contribution in [0.5, 0.6) is 5.75 Å². The van der Waals surface area contributed by atoms with Crippen LogP contribution in [0.3, 0.4) is 0 Å². The van der Waals surface area contributed by atoms with Gasteiger partial charge in [-0.3, -0.25) is 0 Å². The zero-order valence-electron chi connectivity index (χ0n) is 18.0. The quantitative estimate of drug-likeness (QED) is 0.220. The standard InChI is InChI=1S/C22H38O4S.Na/c1-2-3-4-5-6-7-8-9-10-11-12-13-14-15-20-26-21-16-18-22(19-17-21)27(23,24)25;/h16-19H,2-15,20H2,1H3,(H,23,24,25);/q;+1/p-1. The van der Waals surface area contributed by atoms with Gasteiger partial charge in [-0.15, -0.1) is 0 Å². The average Bonchev–Trinajstić information content (AvgIpc) is 2.64. The van der Waals surface area contributed by atoms with E-state index >= 15 is 0 Å². The Morgan fingerprint density at radius 1 is 0.714 bits per heavy atom. The second kappa shape index (κ2) is 17.8. The van der Waals surface area contributed by atoms with Crippen LogP contribution in [0.15, 0.2) is 29.2 Å². The third-order valence-electron chi connectivity index (χ3n) is 4.88. The van der Waals surface area contributed by atoms with E-state index < -0.39 is 10.1 Å². The van der Waals surface area contributed by atoms with Crippen molar-refractivity contribution >= 4 is 10.1 Å². The van der Waals surface area contributed by atoms with Gasteiger partial charge in [0, 0.05) is 0 Å². The largest absolute Gasteiger partial charge is 1.00 e. The van der Waals surface area contributed by atoms with Crippen LogP contribution in [0.1, 0.15) is 96.8 Å². The number of rotatable bonds is 17. The molecule has 1 aromatic rings.